The summed E-state index contributed by atoms with van der Waals surface area (Å²) in [6, 6.07) is 7.02. The van der Waals surface area contributed by atoms with Gasteiger partial charge < -0.3 is 9.84 Å². The quantitative estimate of drug-likeness (QED) is 0.855. The number of aromatic nitrogens is 2. The SMILES string of the molecule is CCn1cc(OCc2cccc(O)c2)cn1. The largest absolute Gasteiger partial charge is 0.508 e. The highest BCUT2D eigenvalue weighted by molar-refractivity contribution is 5.27. The van der Waals surface area contributed by atoms with Gasteiger partial charge in [0.1, 0.15) is 12.4 Å². The van der Waals surface area contributed by atoms with Crippen LogP contribution in [-0.4, -0.2) is 14.9 Å². The molecule has 0 fully saturated rings. The molecule has 16 heavy (non-hydrogen) atoms. The zero-order chi connectivity index (χ0) is 11.4. The Kier molecular flexibility index (Phi) is 3.10. The van der Waals surface area contributed by atoms with Gasteiger partial charge in [0.25, 0.3) is 0 Å². The Bertz CT molecular complexity index is 466. The number of ether oxygens (including phenoxy) is 1. The Morgan fingerprint density at radius 1 is 1.44 bits per heavy atom. The molecule has 84 valence electrons. The Balaban J connectivity index is 1.96. The molecule has 0 saturated carbocycles. The van der Waals surface area contributed by atoms with Gasteiger partial charge in [0.15, 0.2) is 5.75 Å². The number of nitrogens with zero attached hydrogens (tertiary/aromatic N) is 2. The molecule has 0 unspecified atom stereocenters. The number of rotatable bonds is 4. The highest BCUT2D eigenvalue weighted by atomic mass is 16.5. The van der Waals surface area contributed by atoms with Gasteiger partial charge in [0.05, 0.1) is 12.4 Å². The van der Waals surface area contributed by atoms with E-state index >= 15 is 0 Å². The molecule has 4 heteroatoms. The van der Waals surface area contributed by atoms with E-state index in [9.17, 15) is 5.11 Å². The van der Waals surface area contributed by atoms with E-state index in [0.717, 1.165) is 17.9 Å². The Labute approximate surface area is 94.1 Å². The molecule has 0 aliphatic rings. The maximum absolute atomic E-state index is 9.28. The predicted molar refractivity (Wildman–Crippen MR) is 60.3 cm³/mol. The van der Waals surface area contributed by atoms with Crippen molar-refractivity contribution in [3.05, 3.63) is 42.2 Å². The molecule has 4 nitrogen and oxygen atoms in total. The number of hydrogen-bond donors (Lipinski definition) is 1. The minimum atomic E-state index is 0.255. The molecule has 1 heterocycles. The first-order valence-corrected chi connectivity index (χ1v) is 5.21. The van der Waals surface area contributed by atoms with Crippen LogP contribution in [0.25, 0.3) is 0 Å². The van der Waals surface area contributed by atoms with E-state index in [-0.39, 0.29) is 5.75 Å². The molecule has 0 bridgehead atoms. The first-order valence-electron chi connectivity index (χ1n) is 5.21. The van der Waals surface area contributed by atoms with Crippen LogP contribution in [0, 0.1) is 0 Å². The standard InChI is InChI=1S/C12H14N2O2/c1-2-14-8-12(7-13-14)16-9-10-4-3-5-11(15)6-10/h3-8,15H,2,9H2,1H3. The monoisotopic (exact) mass is 218 g/mol. The minimum Gasteiger partial charge on any atom is -0.508 e. The van der Waals surface area contributed by atoms with Crippen LogP contribution in [0.5, 0.6) is 11.5 Å². The van der Waals surface area contributed by atoms with Gasteiger partial charge in [-0.1, -0.05) is 12.1 Å². The lowest BCUT2D eigenvalue weighted by molar-refractivity contribution is 0.305. The lowest BCUT2D eigenvalue weighted by Crippen LogP contribution is -1.95. The van der Waals surface area contributed by atoms with E-state index in [2.05, 4.69) is 5.10 Å². The smallest absolute Gasteiger partial charge is 0.157 e. The first-order chi connectivity index (χ1) is 7.78. The van der Waals surface area contributed by atoms with Crippen LogP contribution >= 0.6 is 0 Å². The third-order valence-electron chi connectivity index (χ3n) is 2.25. The average Bonchev–Trinajstić information content (AvgIpc) is 2.74. The summed E-state index contributed by atoms with van der Waals surface area (Å²) >= 11 is 0. The van der Waals surface area contributed by atoms with Crippen molar-refractivity contribution in [2.24, 2.45) is 0 Å². The molecule has 2 aromatic rings. The van der Waals surface area contributed by atoms with Gasteiger partial charge in [-0.2, -0.15) is 5.10 Å². The summed E-state index contributed by atoms with van der Waals surface area (Å²) in [4.78, 5) is 0. The minimum absolute atomic E-state index is 0.255. The van der Waals surface area contributed by atoms with Crippen molar-refractivity contribution < 1.29 is 9.84 Å². The Morgan fingerprint density at radius 2 is 2.31 bits per heavy atom. The number of hydrogen-bond acceptors (Lipinski definition) is 3. The summed E-state index contributed by atoms with van der Waals surface area (Å²) in [5, 5.41) is 13.4. The number of phenols is 1. The van der Waals surface area contributed by atoms with Crippen molar-refractivity contribution in [3.63, 3.8) is 0 Å². The van der Waals surface area contributed by atoms with Gasteiger partial charge in [-0.05, 0) is 24.6 Å². The van der Waals surface area contributed by atoms with Crippen LogP contribution in [0.2, 0.25) is 0 Å². The predicted octanol–water partition coefficient (Wildman–Crippen LogP) is 2.19. The molecule has 0 aliphatic carbocycles. The molecule has 0 aliphatic heterocycles. The highest BCUT2D eigenvalue weighted by Crippen LogP contribution is 2.14. The Hall–Kier alpha value is -1.97. The molecule has 0 saturated heterocycles. The fraction of sp³-hybridized carbons (Fsp3) is 0.250. The van der Waals surface area contributed by atoms with Gasteiger partial charge in [-0.15, -0.1) is 0 Å². The fourth-order valence-corrected chi connectivity index (χ4v) is 1.40. The second kappa shape index (κ2) is 4.70. The van der Waals surface area contributed by atoms with Gasteiger partial charge in [-0.3, -0.25) is 4.68 Å². The maximum Gasteiger partial charge on any atom is 0.157 e. The van der Waals surface area contributed by atoms with Crippen molar-refractivity contribution >= 4 is 0 Å². The molecular formula is C12H14N2O2. The molecule has 2 rings (SSSR count). The number of aryl methyl sites for hydroxylation is 1. The van der Waals surface area contributed by atoms with E-state index in [1.165, 1.54) is 0 Å². The maximum atomic E-state index is 9.28. The van der Waals surface area contributed by atoms with Crippen molar-refractivity contribution in [2.75, 3.05) is 0 Å². The zero-order valence-electron chi connectivity index (χ0n) is 9.13. The lowest BCUT2D eigenvalue weighted by Gasteiger charge is -2.03. The molecule has 0 atom stereocenters. The third-order valence-corrected chi connectivity index (χ3v) is 2.25. The van der Waals surface area contributed by atoms with E-state index in [4.69, 9.17) is 4.74 Å². The van der Waals surface area contributed by atoms with Gasteiger partial charge in [0.2, 0.25) is 0 Å². The van der Waals surface area contributed by atoms with Gasteiger partial charge >= 0.3 is 0 Å². The first kappa shape index (κ1) is 10.5. The summed E-state index contributed by atoms with van der Waals surface area (Å²) in [6.07, 6.45) is 3.54. The van der Waals surface area contributed by atoms with E-state index in [1.807, 2.05) is 19.2 Å². The average molecular weight is 218 g/mol. The summed E-state index contributed by atoms with van der Waals surface area (Å²) in [7, 11) is 0. The summed E-state index contributed by atoms with van der Waals surface area (Å²) in [5.41, 5.74) is 0.934. The normalized spacial score (nSPS) is 10.3. The van der Waals surface area contributed by atoms with Crippen molar-refractivity contribution in [1.29, 1.82) is 0 Å². The summed E-state index contributed by atoms with van der Waals surface area (Å²) in [6.45, 7) is 3.28. The van der Waals surface area contributed by atoms with Crippen LogP contribution < -0.4 is 4.74 Å². The van der Waals surface area contributed by atoms with Crippen molar-refractivity contribution in [1.82, 2.24) is 9.78 Å². The molecule has 1 N–H and O–H groups in total. The molecule has 0 radical (unpaired) electrons. The van der Waals surface area contributed by atoms with Crippen molar-refractivity contribution in [2.45, 2.75) is 20.1 Å². The third kappa shape index (κ3) is 2.53. The second-order valence-corrected chi connectivity index (χ2v) is 3.49. The van der Waals surface area contributed by atoms with Crippen molar-refractivity contribution in [3.8, 4) is 11.5 Å². The van der Waals surface area contributed by atoms with Crippen LogP contribution in [-0.2, 0) is 13.2 Å². The van der Waals surface area contributed by atoms with E-state index in [1.54, 1.807) is 29.1 Å². The van der Waals surface area contributed by atoms with Gasteiger partial charge in [-0.25, -0.2) is 0 Å². The fourth-order valence-electron chi connectivity index (χ4n) is 1.40. The molecule has 1 aromatic heterocycles. The second-order valence-electron chi connectivity index (χ2n) is 3.49. The van der Waals surface area contributed by atoms with E-state index in [0.29, 0.717) is 6.61 Å². The molecule has 0 amide bonds. The Morgan fingerprint density at radius 3 is 3.00 bits per heavy atom. The molecule has 1 aromatic carbocycles. The van der Waals surface area contributed by atoms with E-state index < -0.39 is 0 Å². The van der Waals surface area contributed by atoms with Crippen LogP contribution in [0.1, 0.15) is 12.5 Å². The zero-order valence-corrected chi connectivity index (χ0v) is 9.13. The number of benzene rings is 1. The van der Waals surface area contributed by atoms with Crippen LogP contribution in [0.3, 0.4) is 0 Å². The lowest BCUT2D eigenvalue weighted by atomic mass is 10.2. The number of aromatic hydroxyl groups is 1. The van der Waals surface area contributed by atoms with Crippen LogP contribution in [0.4, 0.5) is 0 Å². The summed E-state index contributed by atoms with van der Waals surface area (Å²) < 4.78 is 7.34. The summed E-state index contributed by atoms with van der Waals surface area (Å²) in [5.74, 6) is 0.996. The molecular weight excluding hydrogens is 204 g/mol. The topological polar surface area (TPSA) is 47.3 Å². The van der Waals surface area contributed by atoms with Crippen LogP contribution in [0.15, 0.2) is 36.7 Å². The molecule has 0 spiro atoms. The van der Waals surface area contributed by atoms with Gasteiger partial charge in [0, 0.05) is 6.54 Å². The number of phenolic OH excluding ortho intramolecular Hbond substituents is 1. The highest BCUT2D eigenvalue weighted by Gasteiger charge is 1.99.